The maximum absolute atomic E-state index is 12.2. The van der Waals surface area contributed by atoms with Crippen molar-refractivity contribution in [3.8, 4) is 0 Å². The highest BCUT2D eigenvalue weighted by atomic mass is 32.2. The van der Waals surface area contributed by atoms with E-state index in [-0.39, 0.29) is 17.6 Å². The van der Waals surface area contributed by atoms with E-state index in [1.807, 2.05) is 6.07 Å². The molecule has 3 atom stereocenters. The van der Waals surface area contributed by atoms with Gasteiger partial charge < -0.3 is 0 Å². The smallest absolute Gasteiger partial charge is 0.236 e. The zero-order chi connectivity index (χ0) is 14.9. The highest BCUT2D eigenvalue weighted by Crippen LogP contribution is 2.48. The lowest BCUT2D eigenvalue weighted by atomic mass is 9.88. The van der Waals surface area contributed by atoms with Gasteiger partial charge in [-0.25, -0.2) is 8.42 Å². The van der Waals surface area contributed by atoms with E-state index in [2.05, 4.69) is 9.71 Å². The Balaban J connectivity index is 1.55. The van der Waals surface area contributed by atoms with Gasteiger partial charge in [0.1, 0.15) is 0 Å². The second-order valence-electron chi connectivity index (χ2n) is 6.14. The Morgan fingerprint density at radius 2 is 2.14 bits per heavy atom. The van der Waals surface area contributed by atoms with Crippen LogP contribution in [-0.4, -0.2) is 25.1 Å². The number of hydrogen-bond acceptors (Lipinski definition) is 4. The predicted molar refractivity (Wildman–Crippen MR) is 78.8 cm³/mol. The number of amides is 1. The van der Waals surface area contributed by atoms with Gasteiger partial charge in [-0.2, -0.15) is 0 Å². The molecule has 1 N–H and O–H groups in total. The molecule has 1 aromatic heterocycles. The van der Waals surface area contributed by atoms with Crippen LogP contribution in [0.5, 0.6) is 0 Å². The Bertz CT molecular complexity index is 615. The third-order valence-electron chi connectivity index (χ3n) is 4.68. The summed E-state index contributed by atoms with van der Waals surface area (Å²) >= 11 is 0. The van der Waals surface area contributed by atoms with Crippen LogP contribution in [0.4, 0.5) is 0 Å². The molecule has 1 amide bonds. The highest BCUT2D eigenvalue weighted by Gasteiger charge is 2.43. The summed E-state index contributed by atoms with van der Waals surface area (Å²) in [5.74, 6) is 0.510. The quantitative estimate of drug-likeness (QED) is 0.894. The number of nitrogens with one attached hydrogen (secondary N) is 1. The van der Waals surface area contributed by atoms with Crippen LogP contribution in [0.3, 0.4) is 0 Å². The molecule has 3 rings (SSSR count). The molecule has 0 spiro atoms. The molecule has 0 saturated heterocycles. The summed E-state index contributed by atoms with van der Waals surface area (Å²) in [6.45, 7) is 0. The molecule has 21 heavy (non-hydrogen) atoms. The number of carbonyl (C=O) groups excluding carboxylic acids is 1. The van der Waals surface area contributed by atoms with E-state index < -0.39 is 10.0 Å². The SMILES string of the molecule is O=C(NS(=O)(=O)CCc1ccccn1)[C@@H]1C[C@@H]2CC[C@H]1C2. The molecule has 0 aromatic carbocycles. The van der Waals surface area contributed by atoms with Gasteiger partial charge in [0.2, 0.25) is 15.9 Å². The molecule has 0 unspecified atom stereocenters. The van der Waals surface area contributed by atoms with E-state index in [0.29, 0.717) is 18.3 Å². The van der Waals surface area contributed by atoms with Crippen molar-refractivity contribution < 1.29 is 13.2 Å². The standard InChI is InChI=1S/C15H20N2O3S/c18-15(14-10-11-4-5-12(14)9-11)17-21(19,20)8-6-13-3-1-2-7-16-13/h1-3,7,11-12,14H,4-6,8-10H2,(H,17,18)/t11-,12+,14-/m1/s1. The zero-order valence-corrected chi connectivity index (χ0v) is 12.7. The first-order chi connectivity index (χ1) is 10.0. The summed E-state index contributed by atoms with van der Waals surface area (Å²) < 4.78 is 26.3. The van der Waals surface area contributed by atoms with Crippen LogP contribution >= 0.6 is 0 Å². The molecular formula is C15H20N2O3S. The normalized spacial score (nSPS) is 27.7. The molecule has 0 radical (unpaired) electrons. The first-order valence-electron chi connectivity index (χ1n) is 7.48. The Morgan fingerprint density at radius 3 is 2.76 bits per heavy atom. The first-order valence-corrected chi connectivity index (χ1v) is 9.13. The number of pyridine rings is 1. The molecule has 2 bridgehead atoms. The van der Waals surface area contributed by atoms with Crippen molar-refractivity contribution in [2.45, 2.75) is 32.1 Å². The Labute approximate surface area is 125 Å². The summed E-state index contributed by atoms with van der Waals surface area (Å²) in [5, 5.41) is 0. The second kappa shape index (κ2) is 5.75. The van der Waals surface area contributed by atoms with Gasteiger partial charge in [-0.1, -0.05) is 12.5 Å². The number of carbonyl (C=O) groups is 1. The van der Waals surface area contributed by atoms with Gasteiger partial charge >= 0.3 is 0 Å². The maximum atomic E-state index is 12.2. The number of sulfonamides is 1. The van der Waals surface area contributed by atoms with Crippen LogP contribution in [0, 0.1) is 17.8 Å². The van der Waals surface area contributed by atoms with Crippen LogP contribution in [0.25, 0.3) is 0 Å². The fourth-order valence-corrected chi connectivity index (χ4v) is 4.67. The van der Waals surface area contributed by atoms with Crippen LogP contribution in [0.1, 0.15) is 31.4 Å². The zero-order valence-electron chi connectivity index (χ0n) is 11.9. The molecule has 2 aliphatic carbocycles. The molecular weight excluding hydrogens is 288 g/mol. The minimum absolute atomic E-state index is 0.101. The van der Waals surface area contributed by atoms with Gasteiger partial charge in [0.05, 0.1) is 5.75 Å². The molecule has 1 heterocycles. The Morgan fingerprint density at radius 1 is 1.29 bits per heavy atom. The summed E-state index contributed by atoms with van der Waals surface area (Å²) in [7, 11) is -3.57. The lowest BCUT2D eigenvalue weighted by Crippen LogP contribution is -2.39. The Kier molecular flexibility index (Phi) is 3.97. The molecule has 2 saturated carbocycles. The third-order valence-corrected chi connectivity index (χ3v) is 5.94. The monoisotopic (exact) mass is 308 g/mol. The van der Waals surface area contributed by atoms with E-state index in [1.54, 1.807) is 18.3 Å². The molecule has 1 aromatic rings. The predicted octanol–water partition coefficient (Wildman–Crippen LogP) is 1.51. The summed E-state index contributed by atoms with van der Waals surface area (Å²) in [4.78, 5) is 16.2. The number of fused-ring (bicyclic) bond motifs is 2. The number of hydrogen-bond donors (Lipinski definition) is 1. The first kappa shape index (κ1) is 14.5. The molecule has 2 aliphatic rings. The number of nitrogens with zero attached hydrogens (tertiary/aromatic N) is 1. The van der Waals surface area contributed by atoms with Crippen molar-refractivity contribution in [3.05, 3.63) is 30.1 Å². The average Bonchev–Trinajstić information content (AvgIpc) is 3.09. The van der Waals surface area contributed by atoms with Crippen molar-refractivity contribution >= 4 is 15.9 Å². The van der Waals surface area contributed by atoms with Crippen molar-refractivity contribution in [1.29, 1.82) is 0 Å². The fourth-order valence-electron chi connectivity index (χ4n) is 3.63. The summed E-state index contributed by atoms with van der Waals surface area (Å²) in [6.07, 6.45) is 6.16. The summed E-state index contributed by atoms with van der Waals surface area (Å²) in [5.41, 5.74) is 0.718. The van der Waals surface area contributed by atoms with E-state index in [9.17, 15) is 13.2 Å². The lowest BCUT2D eigenvalue weighted by molar-refractivity contribution is -0.124. The third kappa shape index (κ3) is 3.43. The van der Waals surface area contributed by atoms with Crippen LogP contribution in [0.15, 0.2) is 24.4 Å². The van der Waals surface area contributed by atoms with Gasteiger partial charge in [-0.15, -0.1) is 0 Å². The van der Waals surface area contributed by atoms with E-state index >= 15 is 0 Å². The lowest BCUT2D eigenvalue weighted by Gasteiger charge is -2.20. The van der Waals surface area contributed by atoms with E-state index in [4.69, 9.17) is 0 Å². The highest BCUT2D eigenvalue weighted by molar-refractivity contribution is 7.90. The number of rotatable bonds is 5. The van der Waals surface area contributed by atoms with Crippen LogP contribution in [0.2, 0.25) is 0 Å². The van der Waals surface area contributed by atoms with Gasteiger partial charge in [-0.05, 0) is 43.2 Å². The van der Waals surface area contributed by atoms with E-state index in [0.717, 1.165) is 25.0 Å². The van der Waals surface area contributed by atoms with Crippen LogP contribution in [-0.2, 0) is 21.2 Å². The topological polar surface area (TPSA) is 76.1 Å². The van der Waals surface area contributed by atoms with Gasteiger partial charge in [0.25, 0.3) is 0 Å². The minimum atomic E-state index is -3.57. The maximum Gasteiger partial charge on any atom is 0.236 e. The second-order valence-corrected chi connectivity index (χ2v) is 7.98. The average molecular weight is 308 g/mol. The molecule has 2 fully saturated rings. The minimum Gasteiger partial charge on any atom is -0.274 e. The van der Waals surface area contributed by atoms with Crippen LogP contribution < -0.4 is 4.72 Å². The van der Waals surface area contributed by atoms with E-state index in [1.165, 1.54) is 6.42 Å². The van der Waals surface area contributed by atoms with Gasteiger partial charge in [-0.3, -0.25) is 14.5 Å². The van der Waals surface area contributed by atoms with Crippen molar-refractivity contribution in [2.24, 2.45) is 17.8 Å². The Hall–Kier alpha value is -1.43. The molecule has 0 aliphatic heterocycles. The largest absolute Gasteiger partial charge is 0.274 e. The van der Waals surface area contributed by atoms with Crippen molar-refractivity contribution in [3.63, 3.8) is 0 Å². The number of aromatic nitrogens is 1. The van der Waals surface area contributed by atoms with Gasteiger partial charge in [0.15, 0.2) is 0 Å². The summed E-state index contributed by atoms with van der Waals surface area (Å²) in [6, 6.07) is 5.39. The molecule has 5 nitrogen and oxygen atoms in total. The fraction of sp³-hybridized carbons (Fsp3) is 0.600. The molecule has 114 valence electrons. The van der Waals surface area contributed by atoms with Gasteiger partial charge in [0, 0.05) is 24.2 Å². The van der Waals surface area contributed by atoms with Crippen molar-refractivity contribution in [2.75, 3.05) is 5.75 Å². The molecule has 6 heteroatoms. The number of aryl methyl sites for hydroxylation is 1. The van der Waals surface area contributed by atoms with Crippen molar-refractivity contribution in [1.82, 2.24) is 9.71 Å².